The van der Waals surface area contributed by atoms with Crippen LogP contribution in [0.3, 0.4) is 0 Å². The normalized spacial score (nSPS) is 19.6. The summed E-state index contributed by atoms with van der Waals surface area (Å²) in [6, 6.07) is -0.270. The number of alkyl halides is 3. The number of halogens is 3. The Hall–Kier alpha value is -1.55. The van der Waals surface area contributed by atoms with Crippen LogP contribution >= 0.6 is 0 Å². The fourth-order valence-corrected chi connectivity index (χ4v) is 1.97. The van der Waals surface area contributed by atoms with Crippen LogP contribution < -0.4 is 5.73 Å². The van der Waals surface area contributed by atoms with Crippen molar-refractivity contribution < 1.29 is 27.9 Å². The average Bonchev–Trinajstić information content (AvgIpc) is 2.44. The van der Waals surface area contributed by atoms with Crippen molar-refractivity contribution in [2.24, 2.45) is 10.9 Å². The van der Waals surface area contributed by atoms with Gasteiger partial charge in [-0.3, -0.25) is 9.69 Å². The number of ether oxygens (including phenoxy) is 1. The van der Waals surface area contributed by atoms with Crippen LogP contribution in [0.5, 0.6) is 0 Å². The SMILES string of the molecule is CC(C(N)=NO)N1CCN(C(=O)COCC(F)(F)F)CC1. The Kier molecular flexibility index (Phi) is 6.21. The van der Waals surface area contributed by atoms with E-state index in [0.29, 0.717) is 26.2 Å². The van der Waals surface area contributed by atoms with Gasteiger partial charge in [0.15, 0.2) is 5.84 Å². The van der Waals surface area contributed by atoms with Gasteiger partial charge in [-0.15, -0.1) is 0 Å². The molecule has 0 spiro atoms. The summed E-state index contributed by atoms with van der Waals surface area (Å²) in [4.78, 5) is 15.0. The van der Waals surface area contributed by atoms with Crippen LogP contribution in [0.1, 0.15) is 6.92 Å². The average molecular weight is 312 g/mol. The lowest BCUT2D eigenvalue weighted by Gasteiger charge is -2.37. The number of nitrogens with two attached hydrogens (primary N) is 1. The number of hydrogen-bond donors (Lipinski definition) is 2. The fourth-order valence-electron chi connectivity index (χ4n) is 1.97. The molecule has 0 aromatic carbocycles. The standard InChI is InChI=1S/C11H19F3N4O3/c1-8(10(15)16-20)17-2-4-18(5-3-17)9(19)6-21-7-11(12,13)14/h8,20H,2-7H2,1H3,(H2,15,16). The van der Waals surface area contributed by atoms with Crippen molar-refractivity contribution in [1.29, 1.82) is 0 Å². The maximum absolute atomic E-state index is 11.9. The van der Waals surface area contributed by atoms with Crippen molar-refractivity contribution in [3.05, 3.63) is 0 Å². The molecule has 1 rings (SSSR count). The monoisotopic (exact) mass is 312 g/mol. The van der Waals surface area contributed by atoms with Crippen LogP contribution in [0.2, 0.25) is 0 Å². The van der Waals surface area contributed by atoms with Crippen LogP contribution in [0, 0.1) is 0 Å². The highest BCUT2D eigenvalue weighted by molar-refractivity contribution is 5.84. The minimum atomic E-state index is -4.43. The van der Waals surface area contributed by atoms with Gasteiger partial charge in [0.1, 0.15) is 13.2 Å². The van der Waals surface area contributed by atoms with E-state index < -0.39 is 25.3 Å². The smallest absolute Gasteiger partial charge is 0.409 e. The first-order chi connectivity index (χ1) is 9.74. The number of amidine groups is 1. The molecule has 1 amide bonds. The zero-order valence-corrected chi connectivity index (χ0v) is 11.6. The zero-order valence-electron chi connectivity index (χ0n) is 11.6. The summed E-state index contributed by atoms with van der Waals surface area (Å²) < 4.78 is 40.0. The number of oxime groups is 1. The van der Waals surface area contributed by atoms with Crippen molar-refractivity contribution in [3.8, 4) is 0 Å². The number of carbonyl (C=O) groups excluding carboxylic acids is 1. The predicted octanol–water partition coefficient (Wildman–Crippen LogP) is -0.156. The molecule has 1 aliphatic rings. The van der Waals surface area contributed by atoms with Crippen molar-refractivity contribution in [2.45, 2.75) is 19.1 Å². The molecule has 0 saturated carbocycles. The molecular weight excluding hydrogens is 293 g/mol. The Balaban J connectivity index is 2.34. The number of nitrogens with zero attached hydrogens (tertiary/aromatic N) is 3. The van der Waals surface area contributed by atoms with Crippen LogP contribution in [0.15, 0.2) is 5.16 Å². The van der Waals surface area contributed by atoms with E-state index in [2.05, 4.69) is 9.89 Å². The van der Waals surface area contributed by atoms with E-state index in [0.717, 1.165) is 0 Å². The van der Waals surface area contributed by atoms with Gasteiger partial charge in [-0.2, -0.15) is 13.2 Å². The third-order valence-electron chi connectivity index (χ3n) is 3.25. The molecule has 1 fully saturated rings. The number of rotatable bonds is 5. The summed E-state index contributed by atoms with van der Waals surface area (Å²) in [6.07, 6.45) is -4.43. The first-order valence-corrected chi connectivity index (χ1v) is 6.38. The molecule has 0 aromatic rings. The van der Waals surface area contributed by atoms with Gasteiger partial charge in [0.2, 0.25) is 5.91 Å². The maximum Gasteiger partial charge on any atom is 0.411 e. The van der Waals surface area contributed by atoms with E-state index in [-0.39, 0.29) is 11.9 Å². The summed E-state index contributed by atoms with van der Waals surface area (Å²) in [7, 11) is 0. The number of piperazine rings is 1. The number of carbonyl (C=O) groups is 1. The molecule has 1 atom stereocenters. The molecule has 21 heavy (non-hydrogen) atoms. The lowest BCUT2D eigenvalue weighted by atomic mass is 10.2. The molecule has 122 valence electrons. The van der Waals surface area contributed by atoms with Crippen LogP contribution in [0.25, 0.3) is 0 Å². The quantitative estimate of drug-likeness (QED) is 0.319. The van der Waals surface area contributed by atoms with Crippen molar-refractivity contribution in [3.63, 3.8) is 0 Å². The van der Waals surface area contributed by atoms with Crippen molar-refractivity contribution >= 4 is 11.7 Å². The minimum Gasteiger partial charge on any atom is -0.409 e. The van der Waals surface area contributed by atoms with Gasteiger partial charge in [0, 0.05) is 26.2 Å². The van der Waals surface area contributed by atoms with E-state index in [1.807, 2.05) is 4.90 Å². The molecule has 0 bridgehead atoms. The Morgan fingerprint density at radius 2 is 1.95 bits per heavy atom. The number of amides is 1. The van der Waals surface area contributed by atoms with Crippen LogP contribution in [-0.4, -0.2) is 78.4 Å². The minimum absolute atomic E-state index is 0.0725. The maximum atomic E-state index is 11.9. The lowest BCUT2D eigenvalue weighted by molar-refractivity contribution is -0.178. The Morgan fingerprint density at radius 1 is 1.38 bits per heavy atom. The molecule has 3 N–H and O–H groups in total. The number of hydrogen-bond acceptors (Lipinski definition) is 5. The second-order valence-corrected chi connectivity index (χ2v) is 4.73. The summed E-state index contributed by atoms with van der Waals surface area (Å²) in [6.45, 7) is 1.44. The molecule has 0 aliphatic carbocycles. The highest BCUT2D eigenvalue weighted by atomic mass is 19.4. The summed E-state index contributed by atoms with van der Waals surface area (Å²) in [5, 5.41) is 11.5. The van der Waals surface area contributed by atoms with E-state index in [1.165, 1.54) is 4.90 Å². The molecule has 7 nitrogen and oxygen atoms in total. The van der Waals surface area contributed by atoms with E-state index in [9.17, 15) is 18.0 Å². The zero-order chi connectivity index (χ0) is 16.0. The van der Waals surface area contributed by atoms with Gasteiger partial charge in [-0.05, 0) is 6.92 Å². The third kappa shape index (κ3) is 5.76. The predicted molar refractivity (Wildman–Crippen MR) is 67.9 cm³/mol. The second kappa shape index (κ2) is 7.46. The molecule has 1 heterocycles. The second-order valence-electron chi connectivity index (χ2n) is 4.73. The summed E-state index contributed by atoms with van der Waals surface area (Å²) in [5.74, 6) is -0.404. The summed E-state index contributed by atoms with van der Waals surface area (Å²) >= 11 is 0. The van der Waals surface area contributed by atoms with Crippen LogP contribution in [0.4, 0.5) is 13.2 Å². The van der Waals surface area contributed by atoms with Gasteiger partial charge in [0.05, 0.1) is 6.04 Å². The fraction of sp³-hybridized carbons (Fsp3) is 0.818. The third-order valence-corrected chi connectivity index (χ3v) is 3.25. The first kappa shape index (κ1) is 17.5. The van der Waals surface area contributed by atoms with E-state index in [4.69, 9.17) is 10.9 Å². The van der Waals surface area contributed by atoms with Crippen LogP contribution in [-0.2, 0) is 9.53 Å². The molecule has 0 aromatic heterocycles. The molecule has 0 radical (unpaired) electrons. The first-order valence-electron chi connectivity index (χ1n) is 6.38. The molecule has 10 heteroatoms. The van der Waals surface area contributed by atoms with Crippen molar-refractivity contribution in [2.75, 3.05) is 39.4 Å². The Labute approximate surface area is 120 Å². The van der Waals surface area contributed by atoms with Crippen molar-refractivity contribution in [1.82, 2.24) is 9.80 Å². The highest BCUT2D eigenvalue weighted by Crippen LogP contribution is 2.14. The largest absolute Gasteiger partial charge is 0.411 e. The topological polar surface area (TPSA) is 91.4 Å². The lowest BCUT2D eigenvalue weighted by Crippen LogP contribution is -2.54. The van der Waals surface area contributed by atoms with Gasteiger partial charge >= 0.3 is 6.18 Å². The summed E-state index contributed by atoms with van der Waals surface area (Å²) in [5.41, 5.74) is 5.50. The molecule has 1 aliphatic heterocycles. The molecule has 1 saturated heterocycles. The van der Waals surface area contributed by atoms with Gasteiger partial charge in [0.25, 0.3) is 0 Å². The van der Waals surface area contributed by atoms with Gasteiger partial charge < -0.3 is 20.6 Å². The van der Waals surface area contributed by atoms with E-state index in [1.54, 1.807) is 6.92 Å². The Bertz CT molecular complexity index is 381. The highest BCUT2D eigenvalue weighted by Gasteiger charge is 2.29. The Morgan fingerprint density at radius 3 is 2.43 bits per heavy atom. The molecule has 1 unspecified atom stereocenters. The van der Waals surface area contributed by atoms with Gasteiger partial charge in [-0.25, -0.2) is 0 Å². The molecular formula is C11H19F3N4O3. The van der Waals surface area contributed by atoms with Gasteiger partial charge in [-0.1, -0.05) is 5.16 Å². The van der Waals surface area contributed by atoms with E-state index >= 15 is 0 Å².